The molecule has 24 heavy (non-hydrogen) atoms. The molecule has 0 spiro atoms. The van der Waals surface area contributed by atoms with Gasteiger partial charge < -0.3 is 18.6 Å². The summed E-state index contributed by atoms with van der Waals surface area (Å²) >= 11 is 0. The summed E-state index contributed by atoms with van der Waals surface area (Å²) < 4.78 is 21.6. The molecule has 124 valence electrons. The van der Waals surface area contributed by atoms with Gasteiger partial charge in [0.15, 0.2) is 11.5 Å². The van der Waals surface area contributed by atoms with Gasteiger partial charge in [-0.05, 0) is 49.7 Å². The van der Waals surface area contributed by atoms with Crippen LogP contribution in [-0.2, 0) is 0 Å². The molecule has 5 nitrogen and oxygen atoms in total. The lowest BCUT2D eigenvalue weighted by Gasteiger charge is -2.09. The fourth-order valence-corrected chi connectivity index (χ4v) is 2.53. The van der Waals surface area contributed by atoms with E-state index < -0.39 is 5.97 Å². The number of rotatable bonds is 4. The third-order valence-electron chi connectivity index (χ3n) is 3.85. The number of benzene rings is 2. The second kappa shape index (κ2) is 6.28. The standard InChI is InChI=1S/C19H18O5/c1-11-5-7-16(17(9-11)22-4)24-19(20)18-12(2)14-10-13(21-3)6-8-15(14)23-18/h5-10H,1-4H3. The molecule has 3 aromatic rings. The largest absolute Gasteiger partial charge is 0.497 e. The van der Waals surface area contributed by atoms with Gasteiger partial charge in [-0.3, -0.25) is 0 Å². The zero-order valence-corrected chi connectivity index (χ0v) is 14.0. The van der Waals surface area contributed by atoms with Crippen LogP contribution in [0.2, 0.25) is 0 Å². The molecule has 0 aliphatic heterocycles. The van der Waals surface area contributed by atoms with E-state index in [0.717, 1.165) is 10.9 Å². The van der Waals surface area contributed by atoms with Gasteiger partial charge in [-0.2, -0.15) is 0 Å². The van der Waals surface area contributed by atoms with E-state index in [1.807, 2.05) is 26.0 Å². The molecule has 0 unspecified atom stereocenters. The van der Waals surface area contributed by atoms with Crippen molar-refractivity contribution in [2.45, 2.75) is 13.8 Å². The highest BCUT2D eigenvalue weighted by Crippen LogP contribution is 2.32. The summed E-state index contributed by atoms with van der Waals surface area (Å²) in [6, 6.07) is 10.7. The predicted molar refractivity (Wildman–Crippen MR) is 90.2 cm³/mol. The van der Waals surface area contributed by atoms with Crippen LogP contribution in [0.25, 0.3) is 11.0 Å². The van der Waals surface area contributed by atoms with Crippen molar-refractivity contribution >= 4 is 16.9 Å². The minimum Gasteiger partial charge on any atom is -0.497 e. The van der Waals surface area contributed by atoms with Crippen molar-refractivity contribution < 1.29 is 23.4 Å². The van der Waals surface area contributed by atoms with Crippen LogP contribution < -0.4 is 14.2 Å². The average molecular weight is 326 g/mol. The smallest absolute Gasteiger partial charge is 0.380 e. The highest BCUT2D eigenvalue weighted by Gasteiger charge is 2.21. The first kappa shape index (κ1) is 15.9. The summed E-state index contributed by atoms with van der Waals surface area (Å²) in [7, 11) is 3.13. The highest BCUT2D eigenvalue weighted by atomic mass is 16.6. The van der Waals surface area contributed by atoms with Crippen LogP contribution in [0.3, 0.4) is 0 Å². The minimum absolute atomic E-state index is 0.167. The number of furan rings is 1. The van der Waals surface area contributed by atoms with Gasteiger partial charge >= 0.3 is 5.97 Å². The number of aryl methyl sites for hydroxylation is 2. The van der Waals surface area contributed by atoms with Gasteiger partial charge in [0.05, 0.1) is 14.2 Å². The zero-order chi connectivity index (χ0) is 17.3. The van der Waals surface area contributed by atoms with E-state index in [1.54, 1.807) is 31.4 Å². The maximum atomic E-state index is 12.5. The van der Waals surface area contributed by atoms with E-state index in [0.29, 0.717) is 28.4 Å². The Morgan fingerprint density at radius 2 is 1.75 bits per heavy atom. The molecule has 0 aliphatic rings. The monoisotopic (exact) mass is 326 g/mol. The van der Waals surface area contributed by atoms with Crippen LogP contribution in [0.4, 0.5) is 0 Å². The molecular weight excluding hydrogens is 308 g/mol. The summed E-state index contributed by atoms with van der Waals surface area (Å²) in [5, 5.41) is 0.817. The summed E-state index contributed by atoms with van der Waals surface area (Å²) in [5.41, 5.74) is 2.33. The molecular formula is C19H18O5. The third-order valence-corrected chi connectivity index (χ3v) is 3.85. The zero-order valence-electron chi connectivity index (χ0n) is 14.0. The second-order valence-corrected chi connectivity index (χ2v) is 5.46. The first-order valence-corrected chi connectivity index (χ1v) is 7.47. The Hall–Kier alpha value is -2.95. The average Bonchev–Trinajstić information content (AvgIpc) is 2.92. The summed E-state index contributed by atoms with van der Waals surface area (Å²) in [5.74, 6) is 1.15. The Morgan fingerprint density at radius 3 is 2.46 bits per heavy atom. The molecule has 2 aromatic carbocycles. The first-order chi connectivity index (χ1) is 11.5. The number of fused-ring (bicyclic) bond motifs is 1. The lowest BCUT2D eigenvalue weighted by molar-refractivity contribution is 0.0698. The van der Waals surface area contributed by atoms with Crippen molar-refractivity contribution in [3.8, 4) is 17.2 Å². The molecule has 0 atom stereocenters. The summed E-state index contributed by atoms with van der Waals surface area (Å²) in [4.78, 5) is 12.5. The highest BCUT2D eigenvalue weighted by molar-refractivity contribution is 5.97. The van der Waals surface area contributed by atoms with Crippen LogP contribution in [0.5, 0.6) is 17.2 Å². The van der Waals surface area contributed by atoms with Crippen molar-refractivity contribution in [2.24, 2.45) is 0 Å². The van der Waals surface area contributed by atoms with Crippen LogP contribution >= 0.6 is 0 Å². The molecule has 3 rings (SSSR count). The number of esters is 1. The quantitative estimate of drug-likeness (QED) is 0.529. The molecule has 0 N–H and O–H groups in total. The van der Waals surface area contributed by atoms with Gasteiger partial charge in [0, 0.05) is 10.9 Å². The van der Waals surface area contributed by atoms with Gasteiger partial charge in [-0.15, -0.1) is 0 Å². The van der Waals surface area contributed by atoms with E-state index >= 15 is 0 Å². The normalized spacial score (nSPS) is 10.7. The number of ether oxygens (including phenoxy) is 3. The molecule has 0 radical (unpaired) electrons. The number of carbonyl (C=O) groups is 1. The molecule has 0 fully saturated rings. The predicted octanol–water partition coefficient (Wildman–Crippen LogP) is 4.29. The number of methoxy groups -OCH3 is 2. The Kier molecular flexibility index (Phi) is 4.16. The lowest BCUT2D eigenvalue weighted by atomic mass is 10.1. The van der Waals surface area contributed by atoms with Crippen molar-refractivity contribution in [2.75, 3.05) is 14.2 Å². The number of hydrogen-bond acceptors (Lipinski definition) is 5. The van der Waals surface area contributed by atoms with Crippen LogP contribution in [0.15, 0.2) is 40.8 Å². The Labute approximate surface area is 139 Å². The number of carbonyl (C=O) groups excluding carboxylic acids is 1. The molecule has 0 bridgehead atoms. The molecule has 1 aromatic heterocycles. The maximum absolute atomic E-state index is 12.5. The summed E-state index contributed by atoms with van der Waals surface area (Å²) in [6.07, 6.45) is 0. The van der Waals surface area contributed by atoms with Gasteiger partial charge in [0.1, 0.15) is 11.3 Å². The topological polar surface area (TPSA) is 57.9 Å². The molecule has 0 amide bonds. The van der Waals surface area contributed by atoms with Crippen molar-refractivity contribution in [3.63, 3.8) is 0 Å². The third kappa shape index (κ3) is 2.80. The minimum atomic E-state index is -0.565. The summed E-state index contributed by atoms with van der Waals surface area (Å²) in [6.45, 7) is 3.75. The van der Waals surface area contributed by atoms with Gasteiger partial charge in [0.2, 0.25) is 5.76 Å². The van der Waals surface area contributed by atoms with Crippen molar-refractivity contribution in [1.29, 1.82) is 0 Å². The molecule has 0 saturated heterocycles. The van der Waals surface area contributed by atoms with Crippen LogP contribution in [0, 0.1) is 13.8 Å². The maximum Gasteiger partial charge on any atom is 0.380 e. The van der Waals surface area contributed by atoms with Crippen LogP contribution in [-0.4, -0.2) is 20.2 Å². The van der Waals surface area contributed by atoms with Crippen molar-refractivity contribution in [1.82, 2.24) is 0 Å². The van der Waals surface area contributed by atoms with E-state index in [1.165, 1.54) is 7.11 Å². The van der Waals surface area contributed by atoms with Crippen LogP contribution in [0.1, 0.15) is 21.7 Å². The fraction of sp³-hybridized carbons (Fsp3) is 0.211. The van der Waals surface area contributed by atoms with Gasteiger partial charge in [-0.25, -0.2) is 4.79 Å². The Bertz CT molecular complexity index is 908. The van der Waals surface area contributed by atoms with E-state index in [9.17, 15) is 4.79 Å². The van der Waals surface area contributed by atoms with Crippen molar-refractivity contribution in [3.05, 3.63) is 53.3 Å². The molecule has 0 saturated carbocycles. The van der Waals surface area contributed by atoms with Gasteiger partial charge in [-0.1, -0.05) is 6.07 Å². The van der Waals surface area contributed by atoms with E-state index in [-0.39, 0.29) is 5.76 Å². The lowest BCUT2D eigenvalue weighted by Crippen LogP contribution is -2.09. The van der Waals surface area contributed by atoms with E-state index in [4.69, 9.17) is 18.6 Å². The fourth-order valence-electron chi connectivity index (χ4n) is 2.53. The first-order valence-electron chi connectivity index (χ1n) is 7.47. The second-order valence-electron chi connectivity index (χ2n) is 5.46. The molecule has 5 heteroatoms. The van der Waals surface area contributed by atoms with E-state index in [2.05, 4.69) is 0 Å². The number of hydrogen-bond donors (Lipinski definition) is 0. The van der Waals surface area contributed by atoms with Gasteiger partial charge in [0.25, 0.3) is 0 Å². The Balaban J connectivity index is 1.96. The SMILES string of the molecule is COc1ccc2oc(C(=O)Oc3ccc(C)cc3OC)c(C)c2c1. The molecule has 1 heterocycles. The Morgan fingerprint density at radius 1 is 0.958 bits per heavy atom. The molecule has 0 aliphatic carbocycles.